The molecular formula is C26H26F2N4O3. The van der Waals surface area contributed by atoms with Crippen molar-refractivity contribution >= 4 is 11.7 Å². The first kappa shape index (κ1) is 23.0. The molecule has 182 valence electrons. The lowest BCUT2D eigenvalue weighted by Crippen LogP contribution is -2.46. The molecule has 9 heteroatoms. The van der Waals surface area contributed by atoms with Crippen molar-refractivity contribution < 1.29 is 23.0 Å². The van der Waals surface area contributed by atoms with Gasteiger partial charge in [-0.15, -0.1) is 0 Å². The Hall–Kier alpha value is -3.72. The zero-order valence-corrected chi connectivity index (χ0v) is 19.8. The minimum Gasteiger partial charge on any atom is -0.453 e. The van der Waals surface area contributed by atoms with Crippen molar-refractivity contribution in [1.29, 1.82) is 0 Å². The summed E-state index contributed by atoms with van der Waals surface area (Å²) in [5, 5.41) is 0. The van der Waals surface area contributed by atoms with Gasteiger partial charge in [-0.3, -0.25) is 0 Å². The van der Waals surface area contributed by atoms with E-state index >= 15 is 8.78 Å². The van der Waals surface area contributed by atoms with Gasteiger partial charge in [0.2, 0.25) is 0 Å². The number of imidazole rings is 1. The van der Waals surface area contributed by atoms with E-state index in [2.05, 4.69) is 4.98 Å². The van der Waals surface area contributed by atoms with Crippen LogP contribution in [0.5, 0.6) is 0 Å². The largest absolute Gasteiger partial charge is 0.453 e. The molecule has 4 heterocycles. The fraction of sp³-hybridized carbons (Fsp3) is 0.308. The number of ether oxygens (including phenoxy) is 2. The molecule has 0 aliphatic carbocycles. The van der Waals surface area contributed by atoms with E-state index in [0.717, 1.165) is 5.56 Å². The van der Waals surface area contributed by atoms with Crippen LogP contribution in [0.2, 0.25) is 0 Å². The van der Waals surface area contributed by atoms with Gasteiger partial charge in [-0.1, -0.05) is 0 Å². The van der Waals surface area contributed by atoms with Crippen molar-refractivity contribution in [2.24, 2.45) is 7.05 Å². The van der Waals surface area contributed by atoms with E-state index in [-0.39, 0.29) is 17.4 Å². The summed E-state index contributed by atoms with van der Waals surface area (Å²) in [5.41, 5.74) is 3.37. The highest BCUT2D eigenvalue weighted by Gasteiger charge is 2.29. The Labute approximate surface area is 201 Å². The molecule has 4 aromatic rings. The highest BCUT2D eigenvalue weighted by atomic mass is 19.1. The van der Waals surface area contributed by atoms with Gasteiger partial charge in [-0.2, -0.15) is 0 Å². The number of methoxy groups -OCH3 is 1. The number of pyridine rings is 1. The number of halogens is 2. The smallest absolute Gasteiger partial charge is 0.409 e. The molecule has 1 aromatic carbocycles. The maximum Gasteiger partial charge on any atom is 0.409 e. The summed E-state index contributed by atoms with van der Waals surface area (Å²) in [6.07, 6.45) is 3.16. The normalized spacial score (nSPS) is 16.1. The summed E-state index contributed by atoms with van der Waals surface area (Å²) < 4.78 is 45.4. The molecule has 7 nitrogen and oxygen atoms in total. The van der Waals surface area contributed by atoms with Gasteiger partial charge >= 0.3 is 6.09 Å². The molecule has 1 amide bonds. The third kappa shape index (κ3) is 4.27. The van der Waals surface area contributed by atoms with Gasteiger partial charge in [0.25, 0.3) is 0 Å². The van der Waals surface area contributed by atoms with Crippen LogP contribution in [0.3, 0.4) is 0 Å². The molecule has 0 spiro atoms. The first-order valence-electron chi connectivity index (χ1n) is 11.4. The van der Waals surface area contributed by atoms with Crippen molar-refractivity contribution in [3.8, 4) is 22.5 Å². The number of aromatic nitrogens is 3. The SMILES string of the molecule is COC(=O)N1CCO[C@@H](Cc2c(-c3c(F)cc(-c4cccn4C)cc3F)nc3cc(C)ccn23)C1. The van der Waals surface area contributed by atoms with Gasteiger partial charge in [0.15, 0.2) is 0 Å². The van der Waals surface area contributed by atoms with E-state index < -0.39 is 17.7 Å². The van der Waals surface area contributed by atoms with Crippen LogP contribution in [0.15, 0.2) is 48.8 Å². The minimum atomic E-state index is -0.691. The number of hydrogen-bond donors (Lipinski definition) is 0. The molecule has 1 fully saturated rings. The monoisotopic (exact) mass is 480 g/mol. The number of carbonyl (C=O) groups excluding carboxylic acids is 1. The Kier molecular flexibility index (Phi) is 6.02. The van der Waals surface area contributed by atoms with E-state index in [9.17, 15) is 4.79 Å². The Balaban J connectivity index is 1.59. The number of rotatable bonds is 4. The van der Waals surface area contributed by atoms with E-state index in [0.29, 0.717) is 48.7 Å². The lowest BCUT2D eigenvalue weighted by Gasteiger charge is -2.32. The molecule has 1 saturated heterocycles. The van der Waals surface area contributed by atoms with Crippen molar-refractivity contribution in [3.05, 3.63) is 71.7 Å². The molecule has 1 aliphatic heterocycles. The summed E-state index contributed by atoms with van der Waals surface area (Å²) in [5.74, 6) is -1.38. The predicted octanol–water partition coefficient (Wildman–Crippen LogP) is 4.60. The van der Waals surface area contributed by atoms with Crippen LogP contribution >= 0.6 is 0 Å². The van der Waals surface area contributed by atoms with Crippen molar-refractivity contribution in [1.82, 2.24) is 18.9 Å². The van der Waals surface area contributed by atoms with E-state index in [1.54, 1.807) is 15.5 Å². The number of hydrogen-bond acceptors (Lipinski definition) is 4. The molecule has 35 heavy (non-hydrogen) atoms. The first-order valence-corrected chi connectivity index (χ1v) is 11.4. The highest BCUT2D eigenvalue weighted by Crippen LogP contribution is 2.34. The van der Waals surface area contributed by atoms with E-state index in [4.69, 9.17) is 9.47 Å². The zero-order chi connectivity index (χ0) is 24.7. The summed E-state index contributed by atoms with van der Waals surface area (Å²) in [6, 6.07) is 10.1. The van der Waals surface area contributed by atoms with Gasteiger partial charge in [0.1, 0.15) is 17.3 Å². The van der Waals surface area contributed by atoms with Crippen LogP contribution < -0.4 is 0 Å². The van der Waals surface area contributed by atoms with Gasteiger partial charge in [-0.25, -0.2) is 18.6 Å². The Morgan fingerprint density at radius 3 is 2.66 bits per heavy atom. The number of amides is 1. The Bertz CT molecular complexity index is 1390. The number of morpholine rings is 1. The Morgan fingerprint density at radius 2 is 1.97 bits per heavy atom. The average Bonchev–Trinajstić information content (AvgIpc) is 3.41. The molecule has 1 aliphatic rings. The lowest BCUT2D eigenvalue weighted by molar-refractivity contribution is -0.0241. The predicted molar refractivity (Wildman–Crippen MR) is 127 cm³/mol. The molecule has 5 rings (SSSR count). The van der Waals surface area contributed by atoms with E-state index in [1.807, 2.05) is 49.0 Å². The van der Waals surface area contributed by atoms with Gasteiger partial charge in [0.05, 0.1) is 43.3 Å². The first-order chi connectivity index (χ1) is 16.9. The maximum atomic E-state index is 15.5. The number of aryl methyl sites for hydroxylation is 2. The molecule has 0 bridgehead atoms. The van der Waals surface area contributed by atoms with Crippen molar-refractivity contribution in [2.75, 3.05) is 26.8 Å². The Morgan fingerprint density at radius 1 is 1.20 bits per heavy atom. The molecule has 0 N–H and O–H groups in total. The summed E-state index contributed by atoms with van der Waals surface area (Å²) in [6.45, 7) is 3.01. The molecule has 1 atom stereocenters. The van der Waals surface area contributed by atoms with Crippen LogP contribution in [0.1, 0.15) is 11.3 Å². The molecule has 0 radical (unpaired) electrons. The third-order valence-electron chi connectivity index (χ3n) is 6.39. The fourth-order valence-corrected chi connectivity index (χ4v) is 4.65. The van der Waals surface area contributed by atoms with Crippen LogP contribution in [-0.2, 0) is 22.9 Å². The van der Waals surface area contributed by atoms with E-state index in [1.165, 1.54) is 19.2 Å². The average molecular weight is 481 g/mol. The van der Waals surface area contributed by atoms with Crippen molar-refractivity contribution in [3.63, 3.8) is 0 Å². The highest BCUT2D eigenvalue weighted by molar-refractivity contribution is 5.72. The number of benzene rings is 1. The van der Waals surface area contributed by atoms with Crippen LogP contribution in [0.4, 0.5) is 13.6 Å². The lowest BCUT2D eigenvalue weighted by atomic mass is 10.0. The molecule has 3 aromatic heterocycles. The molecular weight excluding hydrogens is 454 g/mol. The maximum absolute atomic E-state index is 15.5. The third-order valence-corrected chi connectivity index (χ3v) is 6.39. The van der Waals surface area contributed by atoms with Gasteiger partial charge in [-0.05, 0) is 48.9 Å². The number of nitrogens with zero attached hydrogens (tertiary/aromatic N) is 4. The van der Waals surface area contributed by atoms with Gasteiger partial charge in [0, 0.05) is 43.7 Å². The zero-order valence-electron chi connectivity index (χ0n) is 19.8. The number of carbonyl (C=O) groups is 1. The molecule has 0 unspecified atom stereocenters. The number of fused-ring (bicyclic) bond motifs is 1. The second-order valence-electron chi connectivity index (χ2n) is 8.77. The van der Waals surface area contributed by atoms with Crippen LogP contribution in [-0.4, -0.2) is 57.9 Å². The van der Waals surface area contributed by atoms with Crippen LogP contribution in [0.25, 0.3) is 28.2 Å². The minimum absolute atomic E-state index is 0.181. The second-order valence-corrected chi connectivity index (χ2v) is 8.77. The van der Waals surface area contributed by atoms with Gasteiger partial charge < -0.3 is 23.3 Å². The summed E-state index contributed by atoms with van der Waals surface area (Å²) in [4.78, 5) is 18.2. The topological polar surface area (TPSA) is 61.0 Å². The second kappa shape index (κ2) is 9.14. The fourth-order valence-electron chi connectivity index (χ4n) is 4.65. The summed E-state index contributed by atoms with van der Waals surface area (Å²) in [7, 11) is 3.16. The standard InChI is InChI=1S/C26H26F2N4O3/c1-16-6-8-32-22(14-18-15-31(9-10-35-18)26(33)34-3)25(29-23(32)11-16)24-19(27)12-17(13-20(24)28)21-5-4-7-30(21)2/h4-8,11-13,18H,9-10,14-15H2,1-3H3/t18-/m0/s1. The van der Waals surface area contributed by atoms with Crippen LogP contribution in [0, 0.1) is 18.6 Å². The molecule has 0 saturated carbocycles. The quantitative estimate of drug-likeness (QED) is 0.428. The summed E-state index contributed by atoms with van der Waals surface area (Å²) >= 11 is 0. The van der Waals surface area contributed by atoms with Crippen molar-refractivity contribution in [2.45, 2.75) is 19.4 Å².